The molecule has 1 atom stereocenters. The lowest BCUT2D eigenvalue weighted by Gasteiger charge is -2.12. The summed E-state index contributed by atoms with van der Waals surface area (Å²) in [7, 11) is 0. The van der Waals surface area contributed by atoms with E-state index < -0.39 is 6.10 Å². The van der Waals surface area contributed by atoms with E-state index in [1.807, 2.05) is 26.0 Å². The highest BCUT2D eigenvalue weighted by molar-refractivity contribution is 7.99. The molecule has 0 bridgehead atoms. The van der Waals surface area contributed by atoms with E-state index in [0.717, 1.165) is 16.9 Å². The molecule has 1 N–H and O–H groups in total. The molecule has 0 aliphatic carbocycles. The average Bonchev–Trinajstić information content (AvgIpc) is 3.07. The Balaban J connectivity index is 1.50. The molecule has 3 aromatic rings. The second kappa shape index (κ2) is 8.33. The van der Waals surface area contributed by atoms with Gasteiger partial charge in [-0.2, -0.15) is 0 Å². The van der Waals surface area contributed by atoms with Crippen molar-refractivity contribution in [1.82, 2.24) is 10.2 Å². The lowest BCUT2D eigenvalue weighted by molar-refractivity contribution is 0.126. The number of hydrogen-bond donors (Lipinski definition) is 1. The molecule has 0 fully saturated rings. The minimum atomic E-state index is -0.679. The molecule has 0 saturated carbocycles. The number of aryl methyl sites for hydroxylation is 2. The Morgan fingerprint density at radius 2 is 1.81 bits per heavy atom. The Kier molecular flexibility index (Phi) is 5.90. The Bertz CT molecular complexity index is 847. The highest BCUT2D eigenvalue weighted by Gasteiger charge is 2.12. The molecule has 0 amide bonds. The van der Waals surface area contributed by atoms with Gasteiger partial charge >= 0.3 is 0 Å². The van der Waals surface area contributed by atoms with Gasteiger partial charge in [0.05, 0.1) is 6.10 Å². The van der Waals surface area contributed by atoms with Gasteiger partial charge in [0, 0.05) is 11.3 Å². The van der Waals surface area contributed by atoms with Gasteiger partial charge in [-0.15, -0.1) is 10.2 Å². The van der Waals surface area contributed by atoms with Crippen LogP contribution in [-0.4, -0.2) is 33.8 Å². The van der Waals surface area contributed by atoms with Crippen molar-refractivity contribution >= 4 is 11.8 Å². The summed E-state index contributed by atoms with van der Waals surface area (Å²) in [6.45, 7) is 4.18. The van der Waals surface area contributed by atoms with Crippen molar-refractivity contribution < 1.29 is 18.7 Å². The Morgan fingerprint density at radius 3 is 2.50 bits per heavy atom. The fraction of sp³-hybridized carbons (Fsp3) is 0.263. The molecule has 0 spiro atoms. The normalized spacial score (nSPS) is 12.2. The quantitative estimate of drug-likeness (QED) is 0.630. The zero-order valence-electron chi connectivity index (χ0n) is 14.5. The third-order valence-corrected chi connectivity index (χ3v) is 4.50. The van der Waals surface area contributed by atoms with Crippen LogP contribution in [0.5, 0.6) is 5.75 Å². The maximum absolute atomic E-state index is 12.9. The van der Waals surface area contributed by atoms with E-state index in [-0.39, 0.29) is 12.4 Å². The fourth-order valence-corrected chi connectivity index (χ4v) is 3.07. The molecule has 0 aliphatic rings. The van der Waals surface area contributed by atoms with Gasteiger partial charge in [0.25, 0.3) is 5.22 Å². The third kappa shape index (κ3) is 5.06. The van der Waals surface area contributed by atoms with Gasteiger partial charge in [-0.3, -0.25) is 0 Å². The maximum atomic E-state index is 12.9. The number of aliphatic hydroxyl groups is 1. The van der Waals surface area contributed by atoms with Crippen LogP contribution >= 0.6 is 11.8 Å². The van der Waals surface area contributed by atoms with Gasteiger partial charge in [-0.1, -0.05) is 17.8 Å². The van der Waals surface area contributed by atoms with E-state index in [1.165, 1.54) is 23.9 Å². The number of thioether (sulfide) groups is 1. The van der Waals surface area contributed by atoms with Crippen LogP contribution in [0.2, 0.25) is 0 Å². The number of ether oxygens (including phenoxy) is 1. The van der Waals surface area contributed by atoms with Crippen LogP contribution in [-0.2, 0) is 0 Å². The summed E-state index contributed by atoms with van der Waals surface area (Å²) >= 11 is 1.24. The first-order chi connectivity index (χ1) is 12.5. The number of hydrogen-bond acceptors (Lipinski definition) is 6. The van der Waals surface area contributed by atoms with Crippen LogP contribution in [0.4, 0.5) is 4.39 Å². The molecule has 5 nitrogen and oxygen atoms in total. The summed E-state index contributed by atoms with van der Waals surface area (Å²) in [5, 5.41) is 18.3. The second-order valence-corrected chi connectivity index (χ2v) is 6.95. The van der Waals surface area contributed by atoms with Crippen molar-refractivity contribution in [3.05, 3.63) is 59.4 Å². The van der Waals surface area contributed by atoms with Crippen molar-refractivity contribution in [2.45, 2.75) is 25.2 Å². The van der Waals surface area contributed by atoms with E-state index in [2.05, 4.69) is 16.3 Å². The molecular formula is C19H19FN2O3S. The summed E-state index contributed by atoms with van der Waals surface area (Å²) < 4.78 is 24.1. The number of benzene rings is 2. The summed E-state index contributed by atoms with van der Waals surface area (Å²) in [6.07, 6.45) is -0.679. The van der Waals surface area contributed by atoms with Crippen LogP contribution in [0.3, 0.4) is 0 Å². The van der Waals surface area contributed by atoms with E-state index in [0.29, 0.717) is 22.4 Å². The number of aliphatic hydroxyl groups excluding tert-OH is 1. The number of halogens is 1. The lowest BCUT2D eigenvalue weighted by atomic mass is 10.1. The van der Waals surface area contributed by atoms with Crippen molar-refractivity contribution in [2.75, 3.05) is 12.4 Å². The smallest absolute Gasteiger partial charge is 0.276 e. The molecule has 0 aliphatic heterocycles. The van der Waals surface area contributed by atoms with Crippen molar-refractivity contribution in [3.8, 4) is 17.2 Å². The molecule has 3 rings (SSSR count). The van der Waals surface area contributed by atoms with Gasteiger partial charge in [-0.25, -0.2) is 4.39 Å². The topological polar surface area (TPSA) is 68.4 Å². The minimum absolute atomic E-state index is 0.175. The fourth-order valence-electron chi connectivity index (χ4n) is 2.40. The van der Waals surface area contributed by atoms with Crippen molar-refractivity contribution in [1.29, 1.82) is 0 Å². The summed E-state index contributed by atoms with van der Waals surface area (Å²) in [4.78, 5) is 0. The van der Waals surface area contributed by atoms with Crippen LogP contribution in [0.25, 0.3) is 11.5 Å². The Hall–Kier alpha value is -2.38. The highest BCUT2D eigenvalue weighted by atomic mass is 32.2. The zero-order valence-corrected chi connectivity index (χ0v) is 15.3. The van der Waals surface area contributed by atoms with Crippen LogP contribution < -0.4 is 4.74 Å². The van der Waals surface area contributed by atoms with E-state index in [4.69, 9.17) is 9.15 Å². The first kappa shape index (κ1) is 18.4. The van der Waals surface area contributed by atoms with Gasteiger partial charge < -0.3 is 14.3 Å². The number of rotatable bonds is 7. The average molecular weight is 374 g/mol. The minimum Gasteiger partial charge on any atom is -0.491 e. The van der Waals surface area contributed by atoms with Crippen molar-refractivity contribution in [2.24, 2.45) is 0 Å². The zero-order chi connectivity index (χ0) is 18.5. The molecular weight excluding hydrogens is 355 g/mol. The van der Waals surface area contributed by atoms with E-state index in [1.54, 1.807) is 12.1 Å². The molecule has 0 unspecified atom stereocenters. The first-order valence-electron chi connectivity index (χ1n) is 8.11. The monoisotopic (exact) mass is 374 g/mol. The molecule has 1 aromatic heterocycles. The molecule has 0 radical (unpaired) electrons. The summed E-state index contributed by atoms with van der Waals surface area (Å²) in [6, 6.07) is 11.7. The molecule has 136 valence electrons. The first-order valence-corrected chi connectivity index (χ1v) is 9.09. The predicted octanol–water partition coefficient (Wildman–Crippen LogP) is 4.02. The maximum Gasteiger partial charge on any atom is 0.276 e. The molecule has 2 aromatic carbocycles. The summed E-state index contributed by atoms with van der Waals surface area (Å²) in [5.41, 5.74) is 2.87. The molecule has 7 heteroatoms. The molecule has 1 heterocycles. The van der Waals surface area contributed by atoms with Gasteiger partial charge in [0.1, 0.15) is 18.2 Å². The molecule has 26 heavy (non-hydrogen) atoms. The highest BCUT2D eigenvalue weighted by Crippen LogP contribution is 2.24. The summed E-state index contributed by atoms with van der Waals surface area (Å²) in [5.74, 6) is 1.08. The third-order valence-electron chi connectivity index (χ3n) is 3.53. The van der Waals surface area contributed by atoms with Gasteiger partial charge in [-0.05, 0) is 61.4 Å². The van der Waals surface area contributed by atoms with Crippen LogP contribution in [0, 0.1) is 19.7 Å². The van der Waals surface area contributed by atoms with E-state index in [9.17, 15) is 9.50 Å². The number of nitrogens with zero attached hydrogens (tertiary/aromatic N) is 2. The standard InChI is InChI=1S/C19H19FN2O3S/c1-12-7-13(2)9-17(8-12)24-10-16(23)11-26-19-22-21-18(25-19)14-3-5-15(20)6-4-14/h3-9,16,23H,10-11H2,1-2H3/t16-/m1/s1. The number of aromatic nitrogens is 2. The van der Waals surface area contributed by atoms with Crippen LogP contribution in [0.1, 0.15) is 11.1 Å². The SMILES string of the molecule is Cc1cc(C)cc(OC[C@@H](O)CSc2nnc(-c3ccc(F)cc3)o2)c1. The van der Waals surface area contributed by atoms with E-state index >= 15 is 0 Å². The Morgan fingerprint density at radius 1 is 1.12 bits per heavy atom. The van der Waals surface area contributed by atoms with Gasteiger partial charge in [0.15, 0.2) is 0 Å². The lowest BCUT2D eigenvalue weighted by Crippen LogP contribution is -2.20. The van der Waals surface area contributed by atoms with Crippen LogP contribution in [0.15, 0.2) is 52.1 Å². The molecule has 0 saturated heterocycles. The van der Waals surface area contributed by atoms with Crippen molar-refractivity contribution in [3.63, 3.8) is 0 Å². The largest absolute Gasteiger partial charge is 0.491 e. The second-order valence-electron chi connectivity index (χ2n) is 5.98. The Labute approximate surface area is 155 Å². The van der Waals surface area contributed by atoms with Gasteiger partial charge in [0.2, 0.25) is 5.89 Å². The predicted molar refractivity (Wildman–Crippen MR) is 97.8 cm³/mol.